The molecule has 79 valence electrons. The average molecular weight is 502 g/mol. The van der Waals surface area contributed by atoms with Crippen LogP contribution in [-0.4, -0.2) is 0 Å². The Morgan fingerprint density at radius 3 is 2.53 bits per heavy atom. The van der Waals surface area contributed by atoms with Gasteiger partial charge in [-0.05, 0) is 0 Å². The van der Waals surface area contributed by atoms with E-state index in [-0.39, 0.29) is 48.0 Å². The van der Waals surface area contributed by atoms with Gasteiger partial charge in [-0.2, -0.15) is 0 Å². The molecule has 0 aromatic heterocycles. The summed E-state index contributed by atoms with van der Waals surface area (Å²) in [4.78, 5) is 0. The minimum Gasteiger partial charge on any atom is -1.00 e. The molecule has 1 aromatic carbocycles. The predicted molar refractivity (Wildman–Crippen MR) is 52.1 cm³/mol. The quantitative estimate of drug-likeness (QED) is 0.392. The fourth-order valence-electron chi connectivity index (χ4n) is 2.00. The third kappa shape index (κ3) is 3.63. The summed E-state index contributed by atoms with van der Waals surface area (Å²) >= 11 is 1.58. The topological polar surface area (TPSA) is 0 Å². The van der Waals surface area contributed by atoms with Crippen LogP contribution < -0.4 is 48.0 Å². The van der Waals surface area contributed by atoms with Crippen molar-refractivity contribution in [1.29, 1.82) is 0 Å². The van der Waals surface area contributed by atoms with Crippen molar-refractivity contribution < 1.29 is 72.7 Å². The van der Waals surface area contributed by atoms with Crippen LogP contribution in [0.15, 0.2) is 27.5 Å². The first kappa shape index (κ1) is 16.3. The molecule has 0 nitrogen and oxygen atoms in total. The van der Waals surface area contributed by atoms with Crippen LogP contribution in [0.4, 0.5) is 0 Å². The van der Waals surface area contributed by atoms with Gasteiger partial charge in [0, 0.05) is 0 Å². The molecule has 0 bridgehead atoms. The maximum absolute atomic E-state index is 2.37. The molecule has 0 radical (unpaired) electrons. The van der Waals surface area contributed by atoms with Gasteiger partial charge in [0.25, 0.3) is 0 Å². The van der Waals surface area contributed by atoms with Gasteiger partial charge >= 0.3 is 95.2 Å². The molecule has 0 aliphatic heterocycles. The zero-order valence-electron chi connectivity index (χ0n) is 8.63. The molecule has 15 heavy (non-hydrogen) atoms. The van der Waals surface area contributed by atoms with Crippen molar-refractivity contribution in [3.8, 4) is 0 Å². The van der Waals surface area contributed by atoms with E-state index in [0.29, 0.717) is 0 Å². The van der Waals surface area contributed by atoms with E-state index in [2.05, 4.69) is 37.3 Å². The van der Waals surface area contributed by atoms with Crippen LogP contribution in [0, 0.1) is 0 Å². The van der Waals surface area contributed by atoms with Crippen LogP contribution in [0.25, 0.3) is 6.08 Å². The van der Waals surface area contributed by atoms with Crippen molar-refractivity contribution in [2.24, 2.45) is 0 Å². The molecule has 0 amide bonds. The van der Waals surface area contributed by atoms with Crippen LogP contribution in [0.3, 0.4) is 0 Å². The van der Waals surface area contributed by atoms with Gasteiger partial charge in [0.2, 0.25) is 0 Å². The van der Waals surface area contributed by atoms with Crippen molar-refractivity contribution >= 4 is 6.08 Å². The summed E-state index contributed by atoms with van der Waals surface area (Å²) in [6.45, 7) is 2.27. The third-order valence-corrected chi connectivity index (χ3v) is 3.85. The Kier molecular flexibility index (Phi) is 8.25. The Morgan fingerprint density at radius 1 is 1.20 bits per heavy atom. The maximum atomic E-state index is 2.37. The van der Waals surface area contributed by atoms with E-state index in [1.165, 1.54) is 18.4 Å². The predicted octanol–water partition coefficient (Wildman–Crippen LogP) is -2.52. The standard InChI is InChI=1S/C12H13.2HI.Zr/c1-2-5-10-8-9-11-6-3-4-7-12(10)11;;;/h3-4,6-7,9-10H,2,5H2,1H3;2*1H;/q;;;+2/p-2. The number of fused-ring (bicyclic) bond motifs is 1. The van der Waals surface area contributed by atoms with E-state index in [1.807, 2.05) is 0 Å². The van der Waals surface area contributed by atoms with Crippen LogP contribution in [0.2, 0.25) is 0 Å². The molecule has 0 heterocycles. The SMILES string of the molecule is CCCC1[C]([Zr+2])=Cc2ccccc21.[I-].[I-]. The normalized spacial score (nSPS) is 17.3. The van der Waals surface area contributed by atoms with Crippen molar-refractivity contribution in [1.82, 2.24) is 0 Å². The first-order valence-electron chi connectivity index (χ1n) is 4.85. The molecule has 0 spiro atoms. The summed E-state index contributed by atoms with van der Waals surface area (Å²) < 4.78 is 1.62. The van der Waals surface area contributed by atoms with Gasteiger partial charge < -0.3 is 48.0 Å². The number of hydrogen-bond acceptors (Lipinski definition) is 0. The average Bonchev–Trinajstić information content (AvgIpc) is 2.44. The summed E-state index contributed by atoms with van der Waals surface area (Å²) in [7, 11) is 0. The smallest absolute Gasteiger partial charge is 1.00 e. The molecule has 1 aromatic rings. The molecule has 0 N–H and O–H groups in total. The molecule has 1 aliphatic rings. The van der Waals surface area contributed by atoms with E-state index in [0.717, 1.165) is 5.92 Å². The van der Waals surface area contributed by atoms with Crippen LogP contribution in [-0.2, 0) is 24.7 Å². The molecule has 3 heteroatoms. The van der Waals surface area contributed by atoms with E-state index >= 15 is 0 Å². The molecule has 0 fully saturated rings. The Hall–Kier alpha value is 1.30. The van der Waals surface area contributed by atoms with Gasteiger partial charge in [0.15, 0.2) is 0 Å². The number of allylic oxidation sites excluding steroid dienone is 1. The van der Waals surface area contributed by atoms with Crippen molar-refractivity contribution in [3.05, 3.63) is 38.7 Å². The molecular weight excluding hydrogens is 489 g/mol. The summed E-state index contributed by atoms with van der Waals surface area (Å²) in [5.74, 6) is 0.736. The first-order valence-corrected chi connectivity index (χ1v) is 6.08. The summed E-state index contributed by atoms with van der Waals surface area (Å²) in [5.41, 5.74) is 3.00. The van der Waals surface area contributed by atoms with E-state index in [1.54, 1.807) is 33.6 Å². The molecule has 1 aliphatic carbocycles. The van der Waals surface area contributed by atoms with Gasteiger partial charge in [-0.25, -0.2) is 0 Å². The third-order valence-electron chi connectivity index (χ3n) is 2.64. The van der Waals surface area contributed by atoms with E-state index in [9.17, 15) is 0 Å². The second-order valence-corrected chi connectivity index (χ2v) is 4.99. The molecule has 0 saturated heterocycles. The van der Waals surface area contributed by atoms with Gasteiger partial charge in [-0.15, -0.1) is 0 Å². The number of hydrogen-bond donors (Lipinski definition) is 0. The Labute approximate surface area is 141 Å². The van der Waals surface area contributed by atoms with Gasteiger partial charge in [0.05, 0.1) is 0 Å². The van der Waals surface area contributed by atoms with Gasteiger partial charge in [0.1, 0.15) is 0 Å². The van der Waals surface area contributed by atoms with E-state index < -0.39 is 0 Å². The minimum absolute atomic E-state index is 0. The zero-order valence-corrected chi connectivity index (χ0v) is 15.4. The monoisotopic (exact) mass is 501 g/mol. The van der Waals surface area contributed by atoms with Crippen LogP contribution in [0.5, 0.6) is 0 Å². The summed E-state index contributed by atoms with van der Waals surface area (Å²) in [6.07, 6.45) is 4.96. The number of halogens is 2. The summed E-state index contributed by atoms with van der Waals surface area (Å²) in [6, 6.07) is 8.80. The number of rotatable bonds is 2. The van der Waals surface area contributed by atoms with Crippen molar-refractivity contribution in [2.45, 2.75) is 25.7 Å². The second kappa shape index (κ2) is 7.59. The fraction of sp³-hybridized carbons (Fsp3) is 0.333. The van der Waals surface area contributed by atoms with Crippen LogP contribution in [0.1, 0.15) is 36.8 Å². The van der Waals surface area contributed by atoms with E-state index in [4.69, 9.17) is 0 Å². The summed E-state index contributed by atoms with van der Waals surface area (Å²) in [5, 5.41) is 0. The number of benzene rings is 1. The van der Waals surface area contributed by atoms with Crippen molar-refractivity contribution in [2.75, 3.05) is 0 Å². The fourth-order valence-corrected chi connectivity index (χ4v) is 3.11. The Balaban J connectivity index is 0.000000980. The first-order chi connectivity index (χ1) is 6.33. The van der Waals surface area contributed by atoms with Gasteiger partial charge in [-0.3, -0.25) is 0 Å². The molecule has 0 saturated carbocycles. The van der Waals surface area contributed by atoms with Crippen LogP contribution >= 0.6 is 0 Å². The molecule has 1 atom stereocenters. The zero-order chi connectivity index (χ0) is 9.26. The molecule has 1 unspecified atom stereocenters. The van der Waals surface area contributed by atoms with Crippen molar-refractivity contribution in [3.63, 3.8) is 0 Å². The Bertz CT molecular complexity index is 347. The minimum atomic E-state index is 0. The maximum Gasteiger partial charge on any atom is -1.00 e. The second-order valence-electron chi connectivity index (χ2n) is 3.57. The van der Waals surface area contributed by atoms with Gasteiger partial charge in [-0.1, -0.05) is 0 Å². The molecular formula is C12H13I2Zr. The Morgan fingerprint density at radius 2 is 1.87 bits per heavy atom. The largest absolute Gasteiger partial charge is 1.00 e. The molecule has 2 rings (SSSR count).